The van der Waals surface area contributed by atoms with Gasteiger partial charge in [-0.1, -0.05) is 0 Å². The van der Waals surface area contributed by atoms with Gasteiger partial charge in [-0.2, -0.15) is 0 Å². The zero-order valence-electron chi connectivity index (χ0n) is 7.39. The van der Waals surface area contributed by atoms with Crippen LogP contribution in [0.5, 0.6) is 0 Å². The molecular formula is C10H9F2NO. The molecule has 0 radical (unpaired) electrons. The average molecular weight is 197 g/mol. The van der Waals surface area contributed by atoms with Gasteiger partial charge >= 0.3 is 0 Å². The van der Waals surface area contributed by atoms with Crippen LogP contribution in [0.1, 0.15) is 17.9 Å². The normalized spacial score (nSPS) is 21.0. The largest absolute Gasteiger partial charge is 0.355 e. The molecule has 14 heavy (non-hydrogen) atoms. The number of hydrogen-bond acceptors (Lipinski definition) is 1. The highest BCUT2D eigenvalue weighted by atomic mass is 19.1. The predicted octanol–water partition coefficient (Wildman–Crippen LogP) is 1.57. The van der Waals surface area contributed by atoms with E-state index in [1.807, 2.05) is 0 Å². The van der Waals surface area contributed by atoms with E-state index in [1.165, 1.54) is 12.1 Å². The van der Waals surface area contributed by atoms with Crippen molar-refractivity contribution in [1.29, 1.82) is 0 Å². The molecule has 1 aromatic rings. The second kappa shape index (κ2) is 3.36. The summed E-state index contributed by atoms with van der Waals surface area (Å²) in [5.74, 6) is -1.37. The van der Waals surface area contributed by atoms with Gasteiger partial charge in [-0.05, 0) is 17.7 Å². The van der Waals surface area contributed by atoms with E-state index in [0.29, 0.717) is 18.5 Å². The average Bonchev–Trinajstić information content (AvgIpc) is 2.50. The van der Waals surface area contributed by atoms with Crippen molar-refractivity contribution in [2.24, 2.45) is 0 Å². The van der Waals surface area contributed by atoms with Crippen molar-refractivity contribution in [1.82, 2.24) is 5.32 Å². The minimum Gasteiger partial charge on any atom is -0.355 e. The van der Waals surface area contributed by atoms with E-state index in [2.05, 4.69) is 5.32 Å². The molecule has 0 spiro atoms. The fourth-order valence-electron chi connectivity index (χ4n) is 1.65. The lowest BCUT2D eigenvalue weighted by Gasteiger charge is -2.07. The third-order valence-corrected chi connectivity index (χ3v) is 2.33. The third kappa shape index (κ3) is 1.73. The number of benzene rings is 1. The lowest BCUT2D eigenvalue weighted by Crippen LogP contribution is -2.13. The van der Waals surface area contributed by atoms with Crippen molar-refractivity contribution in [2.45, 2.75) is 12.3 Å². The Morgan fingerprint density at radius 3 is 2.36 bits per heavy atom. The number of rotatable bonds is 1. The monoisotopic (exact) mass is 197 g/mol. The molecule has 1 amide bonds. The molecule has 1 saturated heterocycles. The van der Waals surface area contributed by atoms with Gasteiger partial charge in [0.2, 0.25) is 5.91 Å². The van der Waals surface area contributed by atoms with E-state index in [-0.39, 0.29) is 11.8 Å². The van der Waals surface area contributed by atoms with Crippen LogP contribution in [-0.2, 0) is 4.79 Å². The molecule has 1 aromatic carbocycles. The fraction of sp³-hybridized carbons (Fsp3) is 0.300. The predicted molar refractivity (Wildman–Crippen MR) is 46.7 cm³/mol. The van der Waals surface area contributed by atoms with E-state index >= 15 is 0 Å². The van der Waals surface area contributed by atoms with Gasteiger partial charge in [0.15, 0.2) is 0 Å². The van der Waals surface area contributed by atoms with Crippen LogP contribution in [0, 0.1) is 11.6 Å². The van der Waals surface area contributed by atoms with Gasteiger partial charge in [-0.15, -0.1) is 0 Å². The van der Waals surface area contributed by atoms with Gasteiger partial charge < -0.3 is 5.32 Å². The maximum absolute atomic E-state index is 12.8. The van der Waals surface area contributed by atoms with Crippen LogP contribution in [-0.4, -0.2) is 12.5 Å². The summed E-state index contributed by atoms with van der Waals surface area (Å²) in [6, 6.07) is 3.37. The summed E-state index contributed by atoms with van der Waals surface area (Å²) in [7, 11) is 0. The molecule has 1 atom stereocenters. The fourth-order valence-corrected chi connectivity index (χ4v) is 1.65. The summed E-state index contributed by atoms with van der Waals surface area (Å²) in [5.41, 5.74) is 0.542. The molecule has 1 fully saturated rings. The highest BCUT2D eigenvalue weighted by molar-refractivity contribution is 5.79. The maximum atomic E-state index is 12.8. The summed E-state index contributed by atoms with van der Waals surface area (Å²) in [6.45, 7) is 0.460. The first-order chi connectivity index (χ1) is 6.65. The third-order valence-electron chi connectivity index (χ3n) is 2.33. The minimum atomic E-state index is -0.598. The Labute approximate surface area is 79.9 Å². The second-order valence-electron chi connectivity index (χ2n) is 3.41. The molecule has 1 aliphatic heterocycles. The first-order valence-corrected chi connectivity index (χ1v) is 4.38. The van der Waals surface area contributed by atoms with E-state index in [1.54, 1.807) is 0 Å². The van der Waals surface area contributed by atoms with Crippen LogP contribution < -0.4 is 5.32 Å². The molecule has 0 aromatic heterocycles. The number of carbonyl (C=O) groups excluding carboxylic acids is 1. The smallest absolute Gasteiger partial charge is 0.220 e. The van der Waals surface area contributed by atoms with Crippen molar-refractivity contribution in [3.63, 3.8) is 0 Å². The van der Waals surface area contributed by atoms with Crippen LogP contribution in [0.25, 0.3) is 0 Å². The number of amides is 1. The lowest BCUT2D eigenvalue weighted by molar-refractivity contribution is -0.119. The molecule has 0 aliphatic carbocycles. The van der Waals surface area contributed by atoms with Crippen molar-refractivity contribution < 1.29 is 13.6 Å². The van der Waals surface area contributed by atoms with E-state index < -0.39 is 11.6 Å². The zero-order chi connectivity index (χ0) is 10.1. The van der Waals surface area contributed by atoms with Crippen molar-refractivity contribution in [3.8, 4) is 0 Å². The van der Waals surface area contributed by atoms with Gasteiger partial charge in [0.05, 0.1) is 0 Å². The quantitative estimate of drug-likeness (QED) is 0.727. The highest BCUT2D eigenvalue weighted by Gasteiger charge is 2.23. The van der Waals surface area contributed by atoms with Gasteiger partial charge in [-0.25, -0.2) is 8.78 Å². The molecule has 2 nitrogen and oxygen atoms in total. The standard InChI is InChI=1S/C10H9F2NO/c11-8-1-6(2-9(12)4-8)7-3-10(14)13-5-7/h1-2,4,7H,3,5H2,(H,13,14)/t7-/m1/s1. The first-order valence-electron chi connectivity index (χ1n) is 4.38. The van der Waals surface area contributed by atoms with Gasteiger partial charge in [0, 0.05) is 24.9 Å². The van der Waals surface area contributed by atoms with E-state index in [9.17, 15) is 13.6 Å². The van der Waals surface area contributed by atoms with Crippen LogP contribution in [0.15, 0.2) is 18.2 Å². The van der Waals surface area contributed by atoms with Gasteiger partial charge in [0.1, 0.15) is 11.6 Å². The molecule has 0 bridgehead atoms. The Balaban J connectivity index is 2.27. The maximum Gasteiger partial charge on any atom is 0.220 e. The zero-order valence-corrected chi connectivity index (χ0v) is 7.39. The summed E-state index contributed by atoms with van der Waals surface area (Å²) in [6.07, 6.45) is 0.308. The molecule has 1 aliphatic rings. The summed E-state index contributed by atoms with van der Waals surface area (Å²) in [4.78, 5) is 10.9. The molecule has 4 heteroatoms. The Morgan fingerprint density at radius 1 is 1.21 bits per heavy atom. The number of carbonyl (C=O) groups is 1. The topological polar surface area (TPSA) is 29.1 Å². The first kappa shape index (κ1) is 9.12. The van der Waals surface area contributed by atoms with Crippen LogP contribution in [0.2, 0.25) is 0 Å². The van der Waals surface area contributed by atoms with Crippen molar-refractivity contribution >= 4 is 5.91 Å². The van der Waals surface area contributed by atoms with E-state index in [0.717, 1.165) is 6.07 Å². The Hall–Kier alpha value is -1.45. The number of halogens is 2. The lowest BCUT2D eigenvalue weighted by atomic mass is 9.98. The number of nitrogens with one attached hydrogen (secondary N) is 1. The summed E-state index contributed by atoms with van der Waals surface area (Å²) in [5, 5.41) is 2.62. The van der Waals surface area contributed by atoms with Crippen molar-refractivity contribution in [3.05, 3.63) is 35.4 Å². The Kier molecular flexibility index (Phi) is 2.19. The summed E-state index contributed by atoms with van der Waals surface area (Å²) >= 11 is 0. The Bertz CT molecular complexity index is 358. The molecule has 74 valence electrons. The van der Waals surface area contributed by atoms with E-state index in [4.69, 9.17) is 0 Å². The molecule has 1 N–H and O–H groups in total. The molecule has 2 rings (SSSR count). The molecular weight excluding hydrogens is 188 g/mol. The number of hydrogen-bond donors (Lipinski definition) is 1. The molecule has 1 heterocycles. The van der Waals surface area contributed by atoms with Crippen LogP contribution >= 0.6 is 0 Å². The van der Waals surface area contributed by atoms with Crippen molar-refractivity contribution in [2.75, 3.05) is 6.54 Å². The molecule has 0 unspecified atom stereocenters. The molecule has 0 saturated carbocycles. The van der Waals surface area contributed by atoms with Crippen LogP contribution in [0.3, 0.4) is 0 Å². The van der Waals surface area contributed by atoms with Gasteiger partial charge in [0.25, 0.3) is 0 Å². The summed E-state index contributed by atoms with van der Waals surface area (Å²) < 4.78 is 25.7. The van der Waals surface area contributed by atoms with Gasteiger partial charge in [-0.3, -0.25) is 4.79 Å². The second-order valence-corrected chi connectivity index (χ2v) is 3.41. The minimum absolute atomic E-state index is 0.0698. The highest BCUT2D eigenvalue weighted by Crippen LogP contribution is 2.24. The SMILES string of the molecule is O=C1C[C@@H](c2cc(F)cc(F)c2)CN1. The van der Waals surface area contributed by atoms with Crippen LogP contribution in [0.4, 0.5) is 8.78 Å². The Morgan fingerprint density at radius 2 is 1.86 bits per heavy atom.